The SMILES string of the molecule is O=C1C(=O)N(c2nccs2)C(c2cccc(OCc3ccccc3)c2)/C1=C(\O)c1ccc(F)cc1. The van der Waals surface area contributed by atoms with Crippen molar-refractivity contribution >= 4 is 33.9 Å². The number of aliphatic hydroxyl groups excluding tert-OH is 1. The van der Waals surface area contributed by atoms with E-state index in [9.17, 15) is 19.1 Å². The van der Waals surface area contributed by atoms with Gasteiger partial charge in [-0.15, -0.1) is 11.3 Å². The van der Waals surface area contributed by atoms with Gasteiger partial charge in [0, 0.05) is 17.1 Å². The Hall–Kier alpha value is -4.30. The van der Waals surface area contributed by atoms with Gasteiger partial charge in [0.15, 0.2) is 5.13 Å². The van der Waals surface area contributed by atoms with Crippen LogP contribution in [0.5, 0.6) is 5.75 Å². The number of Topliss-reactive ketones (excluding diaryl/α,β-unsaturated/α-hetero) is 1. The van der Waals surface area contributed by atoms with Gasteiger partial charge in [0.05, 0.1) is 11.6 Å². The zero-order chi connectivity index (χ0) is 24.4. The van der Waals surface area contributed by atoms with Crippen molar-refractivity contribution in [3.8, 4) is 5.75 Å². The van der Waals surface area contributed by atoms with Crippen LogP contribution in [0.4, 0.5) is 9.52 Å². The highest BCUT2D eigenvalue weighted by molar-refractivity contribution is 7.14. The van der Waals surface area contributed by atoms with Gasteiger partial charge >= 0.3 is 5.91 Å². The Labute approximate surface area is 204 Å². The molecule has 8 heteroatoms. The molecule has 0 bridgehead atoms. The second-order valence-corrected chi connectivity index (χ2v) is 8.71. The highest BCUT2D eigenvalue weighted by atomic mass is 32.1. The highest BCUT2D eigenvalue weighted by Crippen LogP contribution is 2.43. The van der Waals surface area contributed by atoms with E-state index < -0.39 is 23.5 Å². The van der Waals surface area contributed by atoms with Gasteiger partial charge in [-0.2, -0.15) is 0 Å². The first-order valence-corrected chi connectivity index (χ1v) is 11.6. The fraction of sp³-hybridized carbons (Fsp3) is 0.0741. The molecule has 3 aromatic carbocycles. The maximum absolute atomic E-state index is 13.4. The Morgan fingerprint density at radius 1 is 1.03 bits per heavy atom. The molecule has 1 aromatic heterocycles. The largest absolute Gasteiger partial charge is 0.507 e. The smallest absolute Gasteiger partial charge is 0.301 e. The van der Waals surface area contributed by atoms with Gasteiger partial charge in [0.1, 0.15) is 23.9 Å². The third kappa shape index (κ3) is 4.43. The van der Waals surface area contributed by atoms with Crippen LogP contribution in [0, 0.1) is 5.82 Å². The molecule has 1 N–H and O–H groups in total. The number of aromatic nitrogens is 1. The molecular weight excluding hydrogens is 467 g/mol. The number of hydrogen-bond donors (Lipinski definition) is 1. The average molecular weight is 487 g/mol. The Bertz CT molecular complexity index is 1400. The summed E-state index contributed by atoms with van der Waals surface area (Å²) in [6.07, 6.45) is 1.54. The fourth-order valence-corrected chi connectivity index (χ4v) is 4.63. The standard InChI is InChI=1S/C27H19FN2O4S/c28-20-11-9-18(10-12-20)24(31)22-23(30(26(33)25(22)32)27-29-13-14-35-27)19-7-4-8-21(15-19)34-16-17-5-2-1-3-6-17/h1-15,23,31H,16H2/b24-22+. The zero-order valence-electron chi connectivity index (χ0n) is 18.3. The molecule has 0 aliphatic carbocycles. The first-order valence-electron chi connectivity index (χ1n) is 10.8. The molecule has 0 spiro atoms. The number of nitrogens with zero attached hydrogens (tertiary/aromatic N) is 2. The summed E-state index contributed by atoms with van der Waals surface area (Å²) in [6, 6.07) is 20.8. The second kappa shape index (κ2) is 9.52. The lowest BCUT2D eigenvalue weighted by Gasteiger charge is -2.23. The molecule has 35 heavy (non-hydrogen) atoms. The number of rotatable bonds is 6. The highest BCUT2D eigenvalue weighted by Gasteiger charge is 2.48. The Kier molecular flexibility index (Phi) is 6.12. The first-order chi connectivity index (χ1) is 17.0. The number of amides is 1. The predicted octanol–water partition coefficient (Wildman–Crippen LogP) is 5.49. The molecule has 0 radical (unpaired) electrons. The van der Waals surface area contributed by atoms with E-state index in [1.807, 2.05) is 30.3 Å². The van der Waals surface area contributed by atoms with Crippen molar-refractivity contribution in [1.29, 1.82) is 0 Å². The maximum Gasteiger partial charge on any atom is 0.301 e. The van der Waals surface area contributed by atoms with Gasteiger partial charge in [0.25, 0.3) is 5.78 Å². The lowest BCUT2D eigenvalue weighted by molar-refractivity contribution is -0.132. The van der Waals surface area contributed by atoms with Gasteiger partial charge in [0.2, 0.25) is 0 Å². The summed E-state index contributed by atoms with van der Waals surface area (Å²) < 4.78 is 19.4. The van der Waals surface area contributed by atoms with Crippen LogP contribution in [0.3, 0.4) is 0 Å². The summed E-state index contributed by atoms with van der Waals surface area (Å²) in [5.41, 5.74) is 1.68. The van der Waals surface area contributed by atoms with Crippen LogP contribution in [0.1, 0.15) is 22.7 Å². The molecule has 1 fully saturated rings. The van der Waals surface area contributed by atoms with Gasteiger partial charge < -0.3 is 9.84 Å². The van der Waals surface area contributed by atoms with Crippen LogP contribution < -0.4 is 9.64 Å². The van der Waals surface area contributed by atoms with E-state index in [0.717, 1.165) is 5.56 Å². The van der Waals surface area contributed by atoms with Crippen molar-refractivity contribution in [2.24, 2.45) is 0 Å². The molecule has 6 nitrogen and oxygen atoms in total. The topological polar surface area (TPSA) is 79.7 Å². The second-order valence-electron chi connectivity index (χ2n) is 7.84. The predicted molar refractivity (Wildman–Crippen MR) is 131 cm³/mol. The normalized spacial score (nSPS) is 17.1. The minimum absolute atomic E-state index is 0.1000. The van der Waals surface area contributed by atoms with Crippen molar-refractivity contribution in [1.82, 2.24) is 4.98 Å². The van der Waals surface area contributed by atoms with E-state index in [4.69, 9.17) is 4.74 Å². The number of benzene rings is 3. The number of thiazole rings is 1. The number of carbonyl (C=O) groups excluding carboxylic acids is 2. The quantitative estimate of drug-likeness (QED) is 0.222. The van der Waals surface area contributed by atoms with Gasteiger partial charge in [-0.1, -0.05) is 42.5 Å². The summed E-state index contributed by atoms with van der Waals surface area (Å²) in [6.45, 7) is 0.340. The van der Waals surface area contributed by atoms with Gasteiger partial charge in [-0.25, -0.2) is 9.37 Å². The van der Waals surface area contributed by atoms with E-state index in [1.54, 1.807) is 29.6 Å². The summed E-state index contributed by atoms with van der Waals surface area (Å²) >= 11 is 1.20. The van der Waals surface area contributed by atoms with Crippen molar-refractivity contribution in [2.45, 2.75) is 12.6 Å². The molecule has 1 saturated heterocycles. The molecule has 0 saturated carbocycles. The van der Waals surface area contributed by atoms with Crippen molar-refractivity contribution in [2.75, 3.05) is 4.90 Å². The third-order valence-corrected chi connectivity index (χ3v) is 6.38. The van der Waals surface area contributed by atoms with Crippen LogP contribution in [0.25, 0.3) is 5.76 Å². The molecule has 1 unspecified atom stereocenters. The van der Waals surface area contributed by atoms with Crippen LogP contribution in [0.2, 0.25) is 0 Å². The summed E-state index contributed by atoms with van der Waals surface area (Å²) in [7, 11) is 0. The molecule has 1 atom stereocenters. The van der Waals surface area contributed by atoms with Gasteiger partial charge in [-0.3, -0.25) is 14.5 Å². The Balaban J connectivity index is 1.58. The Morgan fingerprint density at radius 3 is 2.51 bits per heavy atom. The minimum atomic E-state index is -0.938. The summed E-state index contributed by atoms with van der Waals surface area (Å²) in [4.78, 5) is 31.7. The van der Waals surface area contributed by atoms with Crippen LogP contribution in [-0.2, 0) is 16.2 Å². The van der Waals surface area contributed by atoms with Gasteiger partial charge in [-0.05, 0) is 47.5 Å². The van der Waals surface area contributed by atoms with E-state index in [2.05, 4.69) is 4.98 Å². The number of carbonyl (C=O) groups is 2. The number of ether oxygens (including phenoxy) is 1. The summed E-state index contributed by atoms with van der Waals surface area (Å²) in [5.74, 6) is -1.97. The van der Waals surface area contributed by atoms with E-state index in [-0.39, 0.29) is 16.9 Å². The van der Waals surface area contributed by atoms with E-state index >= 15 is 0 Å². The number of aliphatic hydroxyl groups is 1. The molecule has 174 valence electrons. The van der Waals surface area contributed by atoms with Crippen LogP contribution in [-0.4, -0.2) is 21.8 Å². The number of halogens is 1. The molecule has 1 aliphatic heterocycles. The lowest BCUT2D eigenvalue weighted by Crippen LogP contribution is -2.29. The van der Waals surface area contributed by atoms with Crippen LogP contribution >= 0.6 is 11.3 Å². The van der Waals surface area contributed by atoms with Crippen molar-refractivity contribution in [3.05, 3.63) is 119 Å². The average Bonchev–Trinajstić information content (AvgIpc) is 3.50. The van der Waals surface area contributed by atoms with Crippen LogP contribution in [0.15, 0.2) is 96.0 Å². The molecule has 4 aromatic rings. The lowest BCUT2D eigenvalue weighted by atomic mass is 9.95. The Morgan fingerprint density at radius 2 is 1.80 bits per heavy atom. The maximum atomic E-state index is 13.4. The number of anilines is 1. The first kappa shape index (κ1) is 22.5. The third-order valence-electron chi connectivity index (χ3n) is 5.61. The monoisotopic (exact) mass is 486 g/mol. The van der Waals surface area contributed by atoms with E-state index in [1.165, 1.54) is 46.7 Å². The number of ketones is 1. The molecule has 2 heterocycles. The van der Waals surface area contributed by atoms with Crippen molar-refractivity contribution < 1.29 is 23.8 Å². The number of hydrogen-bond acceptors (Lipinski definition) is 6. The molecular formula is C27H19FN2O4S. The minimum Gasteiger partial charge on any atom is -0.507 e. The molecule has 5 rings (SSSR count). The molecule has 1 amide bonds. The fourth-order valence-electron chi connectivity index (χ4n) is 3.96. The zero-order valence-corrected chi connectivity index (χ0v) is 19.1. The summed E-state index contributed by atoms with van der Waals surface area (Å²) in [5, 5.41) is 13.1. The molecule has 1 aliphatic rings. The van der Waals surface area contributed by atoms with E-state index in [0.29, 0.717) is 23.1 Å². The van der Waals surface area contributed by atoms with Crippen molar-refractivity contribution in [3.63, 3.8) is 0 Å².